The van der Waals surface area contributed by atoms with Gasteiger partial charge < -0.3 is 0 Å². The first-order valence-electron chi connectivity index (χ1n) is 5.96. The van der Waals surface area contributed by atoms with E-state index < -0.39 is 9.84 Å². The van der Waals surface area contributed by atoms with Crippen LogP contribution in [0, 0.1) is 0 Å². The summed E-state index contributed by atoms with van der Waals surface area (Å²) in [5.41, 5.74) is 1.42. The SMILES string of the molecule is O=S(=O)(C=Cc1ccc(Br)cc1)Cc1ccc(Cl)c(Cl)c1. The second-order valence-electron chi connectivity index (χ2n) is 4.41. The monoisotopic (exact) mass is 404 g/mol. The molecular formula is C15H11BrCl2O2S. The molecule has 0 aliphatic carbocycles. The molecule has 0 atom stereocenters. The predicted octanol–water partition coefficient (Wildman–Crippen LogP) is 5.34. The van der Waals surface area contributed by atoms with Crippen molar-refractivity contribution < 1.29 is 8.42 Å². The predicted molar refractivity (Wildman–Crippen MR) is 92.3 cm³/mol. The maximum absolute atomic E-state index is 12.1. The highest BCUT2D eigenvalue weighted by molar-refractivity contribution is 9.10. The molecule has 0 radical (unpaired) electrons. The lowest BCUT2D eigenvalue weighted by Gasteiger charge is -2.02. The zero-order valence-corrected chi connectivity index (χ0v) is 14.7. The molecular weight excluding hydrogens is 395 g/mol. The van der Waals surface area contributed by atoms with Gasteiger partial charge >= 0.3 is 0 Å². The highest BCUT2D eigenvalue weighted by Crippen LogP contribution is 2.24. The molecule has 0 amide bonds. The van der Waals surface area contributed by atoms with E-state index in [4.69, 9.17) is 23.2 Å². The zero-order chi connectivity index (χ0) is 15.5. The highest BCUT2D eigenvalue weighted by atomic mass is 79.9. The molecule has 2 rings (SSSR count). The van der Waals surface area contributed by atoms with Crippen molar-refractivity contribution in [3.05, 3.63) is 73.5 Å². The molecule has 0 aliphatic rings. The van der Waals surface area contributed by atoms with Gasteiger partial charge in [0.2, 0.25) is 0 Å². The van der Waals surface area contributed by atoms with E-state index in [1.807, 2.05) is 24.3 Å². The van der Waals surface area contributed by atoms with Crippen LogP contribution in [0.1, 0.15) is 11.1 Å². The molecule has 2 nitrogen and oxygen atoms in total. The lowest BCUT2D eigenvalue weighted by Crippen LogP contribution is -1.99. The molecule has 0 unspecified atom stereocenters. The van der Waals surface area contributed by atoms with Crippen LogP contribution in [-0.4, -0.2) is 8.42 Å². The third-order valence-electron chi connectivity index (χ3n) is 2.69. The average Bonchev–Trinajstić information content (AvgIpc) is 2.42. The summed E-state index contributed by atoms with van der Waals surface area (Å²) < 4.78 is 25.1. The largest absolute Gasteiger partial charge is 0.224 e. The Morgan fingerprint density at radius 1 is 1.00 bits per heavy atom. The first-order chi connectivity index (χ1) is 9.85. The fraction of sp³-hybridized carbons (Fsp3) is 0.0667. The summed E-state index contributed by atoms with van der Waals surface area (Å²) in [4.78, 5) is 0. The van der Waals surface area contributed by atoms with Crippen LogP contribution in [0.15, 0.2) is 52.3 Å². The van der Waals surface area contributed by atoms with Crippen LogP contribution in [0.4, 0.5) is 0 Å². The molecule has 0 fully saturated rings. The molecule has 0 aliphatic heterocycles. The van der Waals surface area contributed by atoms with E-state index in [1.54, 1.807) is 24.3 Å². The minimum atomic E-state index is -3.37. The fourth-order valence-electron chi connectivity index (χ4n) is 1.67. The smallest absolute Gasteiger partial charge is 0.175 e. The average molecular weight is 406 g/mol. The van der Waals surface area contributed by atoms with E-state index in [0.29, 0.717) is 15.6 Å². The van der Waals surface area contributed by atoms with Gasteiger partial charge in [0, 0.05) is 9.88 Å². The summed E-state index contributed by atoms with van der Waals surface area (Å²) in [5.74, 6) is -0.114. The van der Waals surface area contributed by atoms with Gasteiger partial charge in [0.05, 0.1) is 15.8 Å². The Balaban J connectivity index is 2.14. The van der Waals surface area contributed by atoms with Crippen molar-refractivity contribution >= 4 is 55.0 Å². The van der Waals surface area contributed by atoms with Crippen molar-refractivity contribution in [1.82, 2.24) is 0 Å². The number of hydrogen-bond acceptors (Lipinski definition) is 2. The number of rotatable bonds is 4. The Kier molecular flexibility index (Phi) is 5.49. The van der Waals surface area contributed by atoms with E-state index >= 15 is 0 Å². The number of halogens is 3. The molecule has 2 aromatic carbocycles. The van der Waals surface area contributed by atoms with Gasteiger partial charge in [-0.15, -0.1) is 0 Å². The Morgan fingerprint density at radius 2 is 1.67 bits per heavy atom. The van der Waals surface area contributed by atoms with Crippen LogP contribution in [0.3, 0.4) is 0 Å². The van der Waals surface area contributed by atoms with Gasteiger partial charge in [-0.25, -0.2) is 8.42 Å². The normalized spacial score (nSPS) is 12.0. The lowest BCUT2D eigenvalue weighted by atomic mass is 10.2. The van der Waals surface area contributed by atoms with Crippen LogP contribution in [0.5, 0.6) is 0 Å². The van der Waals surface area contributed by atoms with Crippen LogP contribution >= 0.6 is 39.1 Å². The summed E-state index contributed by atoms with van der Waals surface area (Å²) in [6, 6.07) is 12.2. The van der Waals surface area contributed by atoms with Crippen molar-refractivity contribution in [1.29, 1.82) is 0 Å². The van der Waals surface area contributed by atoms with E-state index in [1.165, 1.54) is 5.41 Å². The quantitative estimate of drug-likeness (QED) is 0.687. The van der Waals surface area contributed by atoms with Gasteiger partial charge in [0.25, 0.3) is 0 Å². The van der Waals surface area contributed by atoms with Crippen molar-refractivity contribution in [3.8, 4) is 0 Å². The van der Waals surface area contributed by atoms with Crippen LogP contribution < -0.4 is 0 Å². The topological polar surface area (TPSA) is 34.1 Å². The van der Waals surface area contributed by atoms with Gasteiger partial charge in [-0.2, -0.15) is 0 Å². The molecule has 6 heteroatoms. The van der Waals surface area contributed by atoms with E-state index in [9.17, 15) is 8.42 Å². The first kappa shape index (κ1) is 16.6. The van der Waals surface area contributed by atoms with Gasteiger partial charge in [-0.05, 0) is 41.5 Å². The summed E-state index contributed by atoms with van der Waals surface area (Å²) in [6.07, 6.45) is 1.57. The second kappa shape index (κ2) is 6.97. The second-order valence-corrected chi connectivity index (χ2v) is 8.03. The minimum Gasteiger partial charge on any atom is -0.224 e. The number of sulfone groups is 1. The minimum absolute atomic E-state index is 0.114. The van der Waals surface area contributed by atoms with E-state index in [-0.39, 0.29) is 5.75 Å². The molecule has 0 saturated heterocycles. The van der Waals surface area contributed by atoms with Crippen LogP contribution in [-0.2, 0) is 15.6 Å². The molecule has 0 heterocycles. The van der Waals surface area contributed by atoms with Crippen LogP contribution in [0.25, 0.3) is 6.08 Å². The molecule has 0 saturated carbocycles. The summed E-state index contributed by atoms with van der Waals surface area (Å²) >= 11 is 15.0. The Bertz CT molecular complexity index is 769. The molecule has 2 aromatic rings. The summed E-state index contributed by atoms with van der Waals surface area (Å²) in [6.45, 7) is 0. The summed E-state index contributed by atoms with van der Waals surface area (Å²) in [5, 5.41) is 1.96. The van der Waals surface area contributed by atoms with Crippen LogP contribution in [0.2, 0.25) is 10.0 Å². The van der Waals surface area contributed by atoms with Gasteiger partial charge in [0.1, 0.15) is 0 Å². The maximum atomic E-state index is 12.1. The van der Waals surface area contributed by atoms with E-state index in [0.717, 1.165) is 10.0 Å². The van der Waals surface area contributed by atoms with Gasteiger partial charge in [0.15, 0.2) is 9.84 Å². The third kappa shape index (κ3) is 5.15. The highest BCUT2D eigenvalue weighted by Gasteiger charge is 2.09. The summed E-state index contributed by atoms with van der Waals surface area (Å²) in [7, 11) is -3.37. The molecule has 110 valence electrons. The number of benzene rings is 2. The van der Waals surface area contributed by atoms with Gasteiger partial charge in [-0.1, -0.05) is 57.3 Å². The van der Waals surface area contributed by atoms with Crippen molar-refractivity contribution in [2.24, 2.45) is 0 Å². The standard InChI is InChI=1S/C15H11BrCl2O2S/c16-13-4-1-11(2-5-13)7-8-21(19,20)10-12-3-6-14(17)15(18)9-12/h1-9H,10H2. The maximum Gasteiger partial charge on any atom is 0.175 e. The van der Waals surface area contributed by atoms with Gasteiger partial charge in [-0.3, -0.25) is 0 Å². The van der Waals surface area contributed by atoms with Crippen molar-refractivity contribution in [2.75, 3.05) is 0 Å². The third-order valence-corrected chi connectivity index (χ3v) is 5.24. The molecule has 0 spiro atoms. The molecule has 0 bridgehead atoms. The Morgan fingerprint density at radius 3 is 2.29 bits per heavy atom. The van der Waals surface area contributed by atoms with Crippen molar-refractivity contribution in [3.63, 3.8) is 0 Å². The molecule has 0 aromatic heterocycles. The van der Waals surface area contributed by atoms with Crippen molar-refractivity contribution in [2.45, 2.75) is 5.75 Å². The lowest BCUT2D eigenvalue weighted by molar-refractivity contribution is 0.604. The fourth-order valence-corrected chi connectivity index (χ4v) is 3.36. The van der Waals surface area contributed by atoms with E-state index in [2.05, 4.69) is 15.9 Å². The molecule has 0 N–H and O–H groups in total. The number of hydrogen-bond donors (Lipinski definition) is 0. The first-order valence-corrected chi connectivity index (χ1v) is 9.22. The molecule has 21 heavy (non-hydrogen) atoms. The zero-order valence-electron chi connectivity index (χ0n) is 10.8. The Labute approximate surface area is 142 Å². The Hall–Kier alpha value is -0.810.